The molecule has 1 fully saturated rings. The van der Waals surface area contributed by atoms with Gasteiger partial charge in [-0.3, -0.25) is 14.3 Å². The van der Waals surface area contributed by atoms with Crippen molar-refractivity contribution in [3.8, 4) is 0 Å². The van der Waals surface area contributed by atoms with Crippen LogP contribution in [-0.2, 0) is 14.8 Å². The standard InChI is InChI=1S/C18H19N3O4S/c1-26(24,25)21-14-9-7-13(8-10-14)18(23)20-16-4-2-3-15(11-16)19-17(22)12-5-6-12/h2-4,7-12,21H,5-6H2,1H3,(H,19,22)(H,20,23). The minimum Gasteiger partial charge on any atom is -0.326 e. The van der Waals surface area contributed by atoms with Crippen molar-refractivity contribution < 1.29 is 18.0 Å². The first-order valence-electron chi connectivity index (χ1n) is 8.10. The first-order chi connectivity index (χ1) is 12.3. The Morgan fingerprint density at radius 1 is 0.923 bits per heavy atom. The van der Waals surface area contributed by atoms with Crippen molar-refractivity contribution in [1.29, 1.82) is 0 Å². The minimum absolute atomic E-state index is 0.00226. The molecule has 2 aromatic carbocycles. The number of rotatable bonds is 6. The van der Waals surface area contributed by atoms with E-state index >= 15 is 0 Å². The molecule has 0 radical (unpaired) electrons. The summed E-state index contributed by atoms with van der Waals surface area (Å²) >= 11 is 0. The van der Waals surface area contributed by atoms with E-state index in [1.165, 1.54) is 24.3 Å². The van der Waals surface area contributed by atoms with E-state index in [2.05, 4.69) is 15.4 Å². The largest absolute Gasteiger partial charge is 0.326 e. The van der Waals surface area contributed by atoms with Crippen LogP contribution in [0.1, 0.15) is 23.2 Å². The molecule has 0 saturated heterocycles. The van der Waals surface area contributed by atoms with Crippen molar-refractivity contribution in [2.24, 2.45) is 5.92 Å². The van der Waals surface area contributed by atoms with Crippen LogP contribution in [-0.4, -0.2) is 26.5 Å². The Kier molecular flexibility index (Phi) is 4.94. The predicted molar refractivity (Wildman–Crippen MR) is 101 cm³/mol. The summed E-state index contributed by atoms with van der Waals surface area (Å²) in [6, 6.07) is 13.0. The Morgan fingerprint density at radius 3 is 2.12 bits per heavy atom. The molecule has 26 heavy (non-hydrogen) atoms. The number of hydrogen-bond donors (Lipinski definition) is 3. The van der Waals surface area contributed by atoms with Crippen LogP contribution in [0, 0.1) is 5.92 Å². The zero-order chi connectivity index (χ0) is 18.7. The molecule has 3 N–H and O–H groups in total. The number of sulfonamides is 1. The first kappa shape index (κ1) is 17.9. The number of carbonyl (C=O) groups excluding carboxylic acids is 2. The van der Waals surface area contributed by atoms with Gasteiger partial charge in [-0.15, -0.1) is 0 Å². The lowest BCUT2D eigenvalue weighted by Gasteiger charge is -2.09. The van der Waals surface area contributed by atoms with Gasteiger partial charge in [-0.05, 0) is 55.3 Å². The van der Waals surface area contributed by atoms with Crippen molar-refractivity contribution in [2.75, 3.05) is 21.6 Å². The van der Waals surface area contributed by atoms with Crippen LogP contribution in [0.3, 0.4) is 0 Å². The topological polar surface area (TPSA) is 104 Å². The zero-order valence-electron chi connectivity index (χ0n) is 14.2. The quantitative estimate of drug-likeness (QED) is 0.724. The highest BCUT2D eigenvalue weighted by molar-refractivity contribution is 7.92. The number of amides is 2. The molecule has 3 rings (SSSR count). The average Bonchev–Trinajstić information content (AvgIpc) is 3.39. The molecule has 0 atom stereocenters. The Bertz CT molecular complexity index is 935. The summed E-state index contributed by atoms with van der Waals surface area (Å²) in [5, 5.41) is 5.59. The molecule has 0 spiro atoms. The lowest BCUT2D eigenvalue weighted by Crippen LogP contribution is -2.15. The average molecular weight is 373 g/mol. The molecule has 0 aromatic heterocycles. The van der Waals surface area contributed by atoms with Crippen LogP contribution in [0.2, 0.25) is 0 Å². The molecule has 136 valence electrons. The molecular weight excluding hydrogens is 354 g/mol. The van der Waals surface area contributed by atoms with E-state index in [4.69, 9.17) is 0 Å². The van der Waals surface area contributed by atoms with Gasteiger partial charge in [0.05, 0.1) is 6.26 Å². The van der Waals surface area contributed by atoms with Gasteiger partial charge in [-0.2, -0.15) is 0 Å². The number of hydrogen-bond acceptors (Lipinski definition) is 4. The maximum Gasteiger partial charge on any atom is 0.255 e. The lowest BCUT2D eigenvalue weighted by atomic mass is 10.2. The van der Waals surface area contributed by atoms with Gasteiger partial charge < -0.3 is 10.6 Å². The normalized spacial score (nSPS) is 13.7. The highest BCUT2D eigenvalue weighted by Gasteiger charge is 2.29. The Labute approximate surface area is 151 Å². The van der Waals surface area contributed by atoms with Gasteiger partial charge in [-0.1, -0.05) is 6.07 Å². The van der Waals surface area contributed by atoms with Gasteiger partial charge >= 0.3 is 0 Å². The first-order valence-corrected chi connectivity index (χ1v) is 9.99. The van der Waals surface area contributed by atoms with E-state index in [1.54, 1.807) is 24.3 Å². The van der Waals surface area contributed by atoms with Gasteiger partial charge in [0.2, 0.25) is 15.9 Å². The van der Waals surface area contributed by atoms with Crippen molar-refractivity contribution in [3.05, 3.63) is 54.1 Å². The van der Waals surface area contributed by atoms with Crippen LogP contribution in [0.5, 0.6) is 0 Å². The van der Waals surface area contributed by atoms with E-state index in [1.807, 2.05) is 0 Å². The third-order valence-corrected chi connectivity index (χ3v) is 4.39. The van der Waals surface area contributed by atoms with E-state index in [-0.39, 0.29) is 17.7 Å². The summed E-state index contributed by atoms with van der Waals surface area (Å²) in [4.78, 5) is 24.1. The van der Waals surface area contributed by atoms with Crippen molar-refractivity contribution >= 4 is 38.9 Å². The van der Waals surface area contributed by atoms with Crippen molar-refractivity contribution in [3.63, 3.8) is 0 Å². The second-order valence-corrected chi connectivity index (χ2v) is 8.00. The van der Waals surface area contributed by atoms with Crippen LogP contribution in [0.4, 0.5) is 17.1 Å². The summed E-state index contributed by atoms with van der Waals surface area (Å²) in [6.45, 7) is 0. The molecule has 0 aliphatic heterocycles. The molecule has 2 amide bonds. The minimum atomic E-state index is -3.36. The third-order valence-electron chi connectivity index (χ3n) is 3.79. The molecule has 7 nitrogen and oxygen atoms in total. The summed E-state index contributed by atoms with van der Waals surface area (Å²) in [6.07, 6.45) is 2.90. The monoisotopic (exact) mass is 373 g/mol. The van der Waals surface area contributed by atoms with Gasteiger partial charge in [0.25, 0.3) is 5.91 Å². The fourth-order valence-corrected chi connectivity index (χ4v) is 2.94. The molecule has 2 aromatic rings. The number of carbonyl (C=O) groups is 2. The van der Waals surface area contributed by atoms with Gasteiger partial charge in [0, 0.05) is 28.5 Å². The number of benzene rings is 2. The maximum absolute atomic E-state index is 12.3. The zero-order valence-corrected chi connectivity index (χ0v) is 15.0. The summed E-state index contributed by atoms with van der Waals surface area (Å²) in [5.41, 5.74) is 1.96. The third kappa shape index (κ3) is 5.06. The Morgan fingerprint density at radius 2 is 1.54 bits per heavy atom. The maximum atomic E-state index is 12.3. The second kappa shape index (κ2) is 7.17. The van der Waals surface area contributed by atoms with Gasteiger partial charge in [0.1, 0.15) is 0 Å². The van der Waals surface area contributed by atoms with E-state index in [0.29, 0.717) is 22.6 Å². The molecule has 1 aliphatic rings. The van der Waals surface area contributed by atoms with Gasteiger partial charge in [-0.25, -0.2) is 8.42 Å². The van der Waals surface area contributed by atoms with Crippen LogP contribution < -0.4 is 15.4 Å². The smallest absolute Gasteiger partial charge is 0.255 e. The van der Waals surface area contributed by atoms with E-state index in [9.17, 15) is 18.0 Å². The molecule has 1 saturated carbocycles. The Hall–Kier alpha value is -2.87. The Balaban J connectivity index is 1.64. The number of nitrogens with one attached hydrogen (secondary N) is 3. The highest BCUT2D eigenvalue weighted by Crippen LogP contribution is 2.30. The fourth-order valence-electron chi connectivity index (χ4n) is 2.37. The fraction of sp³-hybridized carbons (Fsp3) is 0.222. The molecule has 0 heterocycles. The molecule has 0 unspecified atom stereocenters. The predicted octanol–water partition coefficient (Wildman–Crippen LogP) is 2.66. The van der Waals surface area contributed by atoms with Crippen LogP contribution in [0.25, 0.3) is 0 Å². The molecule has 0 bridgehead atoms. The van der Waals surface area contributed by atoms with Crippen molar-refractivity contribution in [2.45, 2.75) is 12.8 Å². The summed E-state index contributed by atoms with van der Waals surface area (Å²) < 4.78 is 24.7. The van der Waals surface area contributed by atoms with Crippen LogP contribution >= 0.6 is 0 Å². The molecular formula is C18H19N3O4S. The molecule has 8 heteroatoms. The van der Waals surface area contributed by atoms with Gasteiger partial charge in [0.15, 0.2) is 0 Å². The van der Waals surface area contributed by atoms with Crippen molar-refractivity contribution in [1.82, 2.24) is 0 Å². The molecule has 1 aliphatic carbocycles. The highest BCUT2D eigenvalue weighted by atomic mass is 32.2. The summed E-state index contributed by atoms with van der Waals surface area (Å²) in [7, 11) is -3.36. The van der Waals surface area contributed by atoms with Crippen LogP contribution in [0.15, 0.2) is 48.5 Å². The van der Waals surface area contributed by atoms with E-state index < -0.39 is 10.0 Å². The van der Waals surface area contributed by atoms with E-state index in [0.717, 1.165) is 19.1 Å². The lowest BCUT2D eigenvalue weighted by molar-refractivity contribution is -0.117. The SMILES string of the molecule is CS(=O)(=O)Nc1ccc(C(=O)Nc2cccc(NC(=O)C3CC3)c2)cc1. The summed E-state index contributed by atoms with van der Waals surface area (Å²) in [5.74, 6) is -0.226. The number of anilines is 3. The second-order valence-electron chi connectivity index (χ2n) is 6.25.